The van der Waals surface area contributed by atoms with E-state index < -0.39 is 0 Å². The molecule has 14 nitrogen and oxygen atoms in total. The number of hydrogen-bond acceptors (Lipinski definition) is 10. The summed E-state index contributed by atoms with van der Waals surface area (Å²) >= 11 is 9.12. The van der Waals surface area contributed by atoms with Gasteiger partial charge < -0.3 is 24.7 Å². The van der Waals surface area contributed by atoms with Crippen molar-refractivity contribution in [2.45, 2.75) is 78.1 Å². The van der Waals surface area contributed by atoms with Crippen molar-refractivity contribution in [1.29, 1.82) is 0 Å². The largest absolute Gasteiger partial charge is 0.466 e. The van der Waals surface area contributed by atoms with Crippen LogP contribution in [0.4, 0.5) is 46.0 Å². The lowest BCUT2D eigenvalue weighted by Gasteiger charge is -2.30. The molecule has 372 valence electrons. The van der Waals surface area contributed by atoms with Gasteiger partial charge in [0.25, 0.3) is 0 Å². The summed E-state index contributed by atoms with van der Waals surface area (Å²) in [6.45, 7) is 12.4. The molecule has 0 spiro atoms. The van der Waals surface area contributed by atoms with Crippen molar-refractivity contribution in [3.8, 4) is 0 Å². The van der Waals surface area contributed by atoms with Gasteiger partial charge in [0.1, 0.15) is 0 Å². The molecule has 4 aromatic carbocycles. The van der Waals surface area contributed by atoms with Crippen LogP contribution in [0, 0.1) is 14.3 Å². The number of esters is 1. The van der Waals surface area contributed by atoms with Crippen molar-refractivity contribution in [3.63, 3.8) is 0 Å². The van der Waals surface area contributed by atoms with Crippen molar-refractivity contribution in [1.82, 2.24) is 19.9 Å². The first kappa shape index (κ1) is 56.1. The number of carbonyl (C=O) groups is 1. The summed E-state index contributed by atoms with van der Waals surface area (Å²) < 4.78 is 9.10. The van der Waals surface area contributed by atoms with Crippen LogP contribution >= 0.6 is 90.4 Å². The van der Waals surface area contributed by atoms with Crippen LogP contribution in [-0.2, 0) is 20.4 Å². The molecule has 0 aliphatic rings. The number of carbonyl (C=O) groups excluding carboxylic acids is 1. The number of halogens is 4. The third kappa shape index (κ3) is 15.7. The number of azo groups is 4. The van der Waals surface area contributed by atoms with Crippen LogP contribution in [0.3, 0.4) is 0 Å². The van der Waals surface area contributed by atoms with Crippen LogP contribution in [0.1, 0.15) is 90.0 Å². The van der Waals surface area contributed by atoms with Crippen molar-refractivity contribution >= 4 is 142 Å². The number of H-pyrrole nitrogens is 4. The van der Waals surface area contributed by atoms with E-state index in [0.717, 1.165) is 94.5 Å². The average molecular weight is 1410 g/mol. The van der Waals surface area contributed by atoms with Crippen LogP contribution in [0.15, 0.2) is 187 Å². The zero-order valence-corrected chi connectivity index (χ0v) is 49.4. The lowest BCUT2D eigenvalue weighted by Crippen LogP contribution is -2.26. The van der Waals surface area contributed by atoms with E-state index in [4.69, 9.17) is 0 Å². The molecule has 0 bridgehead atoms. The quantitative estimate of drug-likeness (QED) is 0.0402. The highest BCUT2D eigenvalue weighted by atomic mass is 127. The maximum atomic E-state index is 9.82. The maximum absolute atomic E-state index is 9.82. The van der Waals surface area contributed by atoms with Gasteiger partial charge in [0, 0.05) is 54.8 Å². The number of nitrogens with zero attached hydrogens (tertiary/aromatic N) is 8. The number of aromatic amines is 4. The van der Waals surface area contributed by atoms with E-state index in [2.05, 4.69) is 208 Å². The normalized spacial score (nSPS) is 11.9. The first-order chi connectivity index (χ1) is 34.8. The van der Waals surface area contributed by atoms with Gasteiger partial charge >= 0.3 is 5.97 Å². The molecular weight excluding hydrogens is 1360 g/mol. The molecule has 0 aliphatic heterocycles. The molecule has 4 N–H and O–H groups in total. The summed E-state index contributed by atoms with van der Waals surface area (Å²) in [5.41, 5.74) is 7.33. The second-order valence-electron chi connectivity index (χ2n) is 16.2. The minimum atomic E-state index is -0.211. The van der Waals surface area contributed by atoms with Crippen molar-refractivity contribution in [3.05, 3.63) is 183 Å². The first-order valence-corrected chi connectivity index (χ1v) is 27.7. The smallest absolute Gasteiger partial charge is 0.302 e. The molecule has 18 heteroatoms. The van der Waals surface area contributed by atoms with Crippen molar-refractivity contribution in [2.24, 2.45) is 40.9 Å². The van der Waals surface area contributed by atoms with Crippen LogP contribution in [-0.4, -0.2) is 32.5 Å². The molecule has 0 aliphatic carbocycles. The monoisotopic (exact) mass is 1410 g/mol. The van der Waals surface area contributed by atoms with E-state index in [0.29, 0.717) is 6.61 Å². The van der Waals surface area contributed by atoms with Gasteiger partial charge in [-0.15, -0.1) is 40.9 Å². The van der Waals surface area contributed by atoms with E-state index in [1.54, 1.807) is 6.92 Å². The molecular formula is C54H56I4N12O2. The SMILES string of the molecule is CCC(CC)(c1ccc(N=Nc2ccc(I)cc2)[nH]1)c1ccc(N=Nc2ccc(I)cc2)[nH]1.CCC(CC)(c1ccc(N=Nc2ccc(I)cc2)[nH]1)c1ccc(N=Nc2ccc(I)cc2)[nH]1.CCOC(C)=O. The highest BCUT2D eigenvalue weighted by molar-refractivity contribution is 14.1. The van der Waals surface area contributed by atoms with Gasteiger partial charge in [-0.2, -0.15) is 0 Å². The Labute approximate surface area is 475 Å². The predicted molar refractivity (Wildman–Crippen MR) is 322 cm³/mol. The Morgan fingerprint density at radius 2 is 0.597 bits per heavy atom. The van der Waals surface area contributed by atoms with Gasteiger partial charge in [-0.3, -0.25) is 4.79 Å². The molecule has 4 aromatic heterocycles. The maximum Gasteiger partial charge on any atom is 0.302 e. The Morgan fingerprint density at radius 1 is 0.375 bits per heavy atom. The molecule has 8 aromatic rings. The topological polar surface area (TPSA) is 188 Å². The fourth-order valence-corrected chi connectivity index (χ4v) is 9.32. The molecule has 0 radical (unpaired) electrons. The first-order valence-electron chi connectivity index (χ1n) is 23.4. The van der Waals surface area contributed by atoms with E-state index in [-0.39, 0.29) is 16.8 Å². The van der Waals surface area contributed by atoms with E-state index in [9.17, 15) is 4.79 Å². The fraction of sp³-hybridized carbons (Fsp3) is 0.241. The average Bonchev–Trinajstić information content (AvgIpc) is 4.25. The molecule has 0 fully saturated rings. The molecule has 72 heavy (non-hydrogen) atoms. The fourth-order valence-electron chi connectivity index (χ4n) is 7.88. The highest BCUT2D eigenvalue weighted by Gasteiger charge is 2.35. The van der Waals surface area contributed by atoms with Crippen LogP contribution < -0.4 is 0 Å². The zero-order valence-electron chi connectivity index (χ0n) is 40.8. The predicted octanol–water partition coefficient (Wildman–Crippen LogP) is 19.5. The lowest BCUT2D eigenvalue weighted by atomic mass is 9.76. The Morgan fingerprint density at radius 3 is 0.764 bits per heavy atom. The number of ether oxygens (including phenoxy) is 1. The number of aromatic nitrogens is 4. The summed E-state index contributed by atoms with van der Waals surface area (Å²) in [5, 5.41) is 35.0. The van der Waals surface area contributed by atoms with Crippen LogP contribution in [0.25, 0.3) is 0 Å². The van der Waals surface area contributed by atoms with E-state index >= 15 is 0 Å². The van der Waals surface area contributed by atoms with Gasteiger partial charge in [-0.25, -0.2) is 0 Å². The van der Waals surface area contributed by atoms with Gasteiger partial charge in [0.05, 0.1) is 29.4 Å². The van der Waals surface area contributed by atoms with Gasteiger partial charge in [0.15, 0.2) is 23.3 Å². The number of rotatable bonds is 17. The summed E-state index contributed by atoms with van der Waals surface area (Å²) in [6, 6.07) is 48.2. The summed E-state index contributed by atoms with van der Waals surface area (Å²) in [4.78, 5) is 23.7. The van der Waals surface area contributed by atoms with Crippen molar-refractivity contribution in [2.75, 3.05) is 6.61 Å². The van der Waals surface area contributed by atoms with E-state index in [1.165, 1.54) is 21.2 Å². The molecule has 4 heterocycles. The summed E-state index contributed by atoms with van der Waals surface area (Å²) in [6.07, 6.45) is 3.69. The van der Waals surface area contributed by atoms with Gasteiger partial charge in [-0.05, 0) is 269 Å². The Hall–Kier alpha value is -5.21. The zero-order chi connectivity index (χ0) is 51.5. The van der Waals surface area contributed by atoms with Crippen LogP contribution in [0.5, 0.6) is 0 Å². The van der Waals surface area contributed by atoms with Gasteiger partial charge in [0.2, 0.25) is 0 Å². The molecule has 8 rings (SSSR count). The lowest BCUT2D eigenvalue weighted by molar-refractivity contribution is -0.140. The summed E-state index contributed by atoms with van der Waals surface area (Å²) in [5.74, 6) is 2.73. The Bertz CT molecular complexity index is 2660. The second kappa shape index (κ2) is 27.7. The number of benzene rings is 4. The molecule has 0 saturated carbocycles. The minimum absolute atomic E-state index is 0.201. The molecule has 0 atom stereocenters. The van der Waals surface area contributed by atoms with Crippen molar-refractivity contribution < 1.29 is 9.53 Å². The second-order valence-corrected chi connectivity index (χ2v) is 21.2. The third-order valence-electron chi connectivity index (χ3n) is 11.9. The Balaban J connectivity index is 0.000000211. The minimum Gasteiger partial charge on any atom is -0.466 e. The standard InChI is InChI=1S/2C25H24I2N6.C4H8O2/c2*1-3-25(4-2,21-13-15-23(28-21)32-30-19-9-5-17(26)6-10-19)22-14-16-24(29-22)33-31-20-11-7-18(27)8-12-20;1-3-6-4(2)5/h2*5-16,28-29H,3-4H2,1-2H3;3H2,1-2H3. The molecule has 0 saturated heterocycles. The highest BCUT2D eigenvalue weighted by Crippen LogP contribution is 2.41. The summed E-state index contributed by atoms with van der Waals surface area (Å²) in [7, 11) is 0. The molecule has 0 unspecified atom stereocenters. The van der Waals surface area contributed by atoms with E-state index in [1.807, 2.05) is 121 Å². The number of nitrogens with one attached hydrogen (secondary N) is 4. The van der Waals surface area contributed by atoms with Crippen LogP contribution in [0.2, 0.25) is 0 Å². The third-order valence-corrected chi connectivity index (χ3v) is 14.8. The number of hydrogen-bond donors (Lipinski definition) is 4. The Kier molecular flexibility index (Phi) is 21.6. The molecule has 0 amide bonds. The van der Waals surface area contributed by atoms with Gasteiger partial charge in [-0.1, -0.05) is 27.7 Å².